The lowest BCUT2D eigenvalue weighted by atomic mass is 10.1. The van der Waals surface area contributed by atoms with Crippen LogP contribution in [0.15, 0.2) is 52.5 Å². The number of carbonyl (C=O) groups excluding carboxylic acids is 2. The number of anilines is 1. The van der Waals surface area contributed by atoms with Crippen LogP contribution in [0.5, 0.6) is 11.5 Å². The maximum absolute atomic E-state index is 13.0. The van der Waals surface area contributed by atoms with Gasteiger partial charge in [-0.2, -0.15) is 0 Å². The van der Waals surface area contributed by atoms with E-state index in [9.17, 15) is 9.59 Å². The fourth-order valence-electron chi connectivity index (χ4n) is 2.66. The first-order valence-electron chi connectivity index (χ1n) is 7.84. The van der Waals surface area contributed by atoms with Crippen molar-refractivity contribution < 1.29 is 19.1 Å². The molecule has 8 heteroatoms. The lowest BCUT2D eigenvalue weighted by Gasteiger charge is -2.28. The molecule has 0 unspecified atom stereocenters. The highest BCUT2D eigenvalue weighted by molar-refractivity contribution is 9.10. The number of nitrogens with zero attached hydrogens (tertiary/aromatic N) is 1. The smallest absolute Gasteiger partial charge is 0.270 e. The molecule has 0 aromatic heterocycles. The van der Waals surface area contributed by atoms with Gasteiger partial charge in [-0.1, -0.05) is 18.2 Å². The van der Waals surface area contributed by atoms with Crippen LogP contribution in [-0.4, -0.2) is 31.1 Å². The summed E-state index contributed by atoms with van der Waals surface area (Å²) in [5, 5.41) is 2.60. The lowest BCUT2D eigenvalue weighted by Crippen LogP contribution is -2.54. The molecule has 0 radical (unpaired) electrons. The van der Waals surface area contributed by atoms with Crippen LogP contribution in [0, 0.1) is 0 Å². The van der Waals surface area contributed by atoms with E-state index in [4.69, 9.17) is 21.7 Å². The van der Waals surface area contributed by atoms with E-state index in [1.807, 2.05) is 6.07 Å². The van der Waals surface area contributed by atoms with Gasteiger partial charge in [-0.3, -0.25) is 19.8 Å². The first-order valence-corrected chi connectivity index (χ1v) is 9.04. The largest absolute Gasteiger partial charge is 0.493 e. The quantitative estimate of drug-likeness (QED) is 0.443. The molecule has 0 aliphatic carbocycles. The molecule has 1 N–H and O–H groups in total. The van der Waals surface area contributed by atoms with Gasteiger partial charge in [0.25, 0.3) is 11.8 Å². The van der Waals surface area contributed by atoms with Crippen molar-refractivity contribution in [3.05, 3.63) is 58.1 Å². The summed E-state index contributed by atoms with van der Waals surface area (Å²) in [4.78, 5) is 26.6. The maximum atomic E-state index is 13.0. The zero-order valence-electron chi connectivity index (χ0n) is 14.5. The van der Waals surface area contributed by atoms with E-state index >= 15 is 0 Å². The highest BCUT2D eigenvalue weighted by Crippen LogP contribution is 2.37. The summed E-state index contributed by atoms with van der Waals surface area (Å²) in [6.07, 6.45) is 1.49. The number of nitrogens with one attached hydrogen (secondary N) is 1. The topological polar surface area (TPSA) is 67.9 Å². The Hall–Kier alpha value is -2.71. The number of hydrogen-bond donors (Lipinski definition) is 1. The molecule has 0 spiro atoms. The normalized spacial score (nSPS) is 15.7. The van der Waals surface area contributed by atoms with Crippen LogP contribution in [-0.2, 0) is 9.59 Å². The Morgan fingerprint density at radius 2 is 1.81 bits per heavy atom. The Kier molecular flexibility index (Phi) is 5.57. The number of thiocarbonyl (C=S) groups is 1. The molecule has 6 nitrogen and oxygen atoms in total. The molecule has 0 bridgehead atoms. The van der Waals surface area contributed by atoms with Gasteiger partial charge >= 0.3 is 0 Å². The summed E-state index contributed by atoms with van der Waals surface area (Å²) in [5.74, 6) is -0.0621. The molecule has 0 atom stereocenters. The van der Waals surface area contributed by atoms with Gasteiger partial charge < -0.3 is 9.47 Å². The number of amides is 2. The zero-order chi connectivity index (χ0) is 19.6. The third-order valence-corrected chi connectivity index (χ3v) is 4.76. The predicted molar refractivity (Wildman–Crippen MR) is 110 cm³/mol. The van der Waals surface area contributed by atoms with E-state index in [1.165, 1.54) is 25.2 Å². The Morgan fingerprint density at radius 3 is 2.44 bits per heavy atom. The molecule has 2 aromatic carbocycles. The first-order chi connectivity index (χ1) is 13.0. The fourth-order valence-corrected chi connectivity index (χ4v) is 3.56. The Labute approximate surface area is 169 Å². The molecule has 3 rings (SSSR count). The highest BCUT2D eigenvalue weighted by atomic mass is 79.9. The lowest BCUT2D eigenvalue weighted by molar-refractivity contribution is -0.122. The molecule has 2 aromatic rings. The van der Waals surface area contributed by atoms with E-state index in [1.54, 1.807) is 36.4 Å². The fraction of sp³-hybridized carbons (Fsp3) is 0.105. The van der Waals surface area contributed by atoms with Crippen molar-refractivity contribution in [1.82, 2.24) is 5.32 Å². The van der Waals surface area contributed by atoms with E-state index in [0.717, 1.165) is 0 Å². The summed E-state index contributed by atoms with van der Waals surface area (Å²) < 4.78 is 11.2. The maximum Gasteiger partial charge on any atom is 0.270 e. The van der Waals surface area contributed by atoms with Gasteiger partial charge in [-0.15, -0.1) is 0 Å². The second-order valence-electron chi connectivity index (χ2n) is 5.53. The molecule has 1 fully saturated rings. The minimum absolute atomic E-state index is 0.0356. The van der Waals surface area contributed by atoms with Crippen molar-refractivity contribution >= 4 is 56.8 Å². The number of carbonyl (C=O) groups is 2. The number of hydrogen-bond acceptors (Lipinski definition) is 5. The molecular weight excluding hydrogens is 432 g/mol. The van der Waals surface area contributed by atoms with Gasteiger partial charge in [0, 0.05) is 0 Å². The molecule has 1 aliphatic rings. The third-order valence-electron chi connectivity index (χ3n) is 3.88. The van der Waals surface area contributed by atoms with Gasteiger partial charge in [0.05, 0.1) is 24.4 Å². The molecule has 2 amide bonds. The zero-order valence-corrected chi connectivity index (χ0v) is 16.9. The van der Waals surface area contributed by atoms with Crippen LogP contribution in [0.2, 0.25) is 0 Å². The molecule has 0 saturated carbocycles. The molecule has 27 heavy (non-hydrogen) atoms. The van der Waals surface area contributed by atoms with E-state index < -0.39 is 11.8 Å². The van der Waals surface area contributed by atoms with E-state index in [2.05, 4.69) is 21.2 Å². The van der Waals surface area contributed by atoms with Crippen LogP contribution >= 0.6 is 28.1 Å². The summed E-state index contributed by atoms with van der Waals surface area (Å²) >= 11 is 8.58. The van der Waals surface area contributed by atoms with Crippen molar-refractivity contribution in [3.63, 3.8) is 0 Å². The van der Waals surface area contributed by atoms with Crippen molar-refractivity contribution in [1.29, 1.82) is 0 Å². The second kappa shape index (κ2) is 7.89. The number of ether oxygens (including phenoxy) is 2. The highest BCUT2D eigenvalue weighted by Gasteiger charge is 2.34. The molecule has 138 valence electrons. The molecule has 1 heterocycles. The Bertz CT molecular complexity index is 960. The van der Waals surface area contributed by atoms with Crippen molar-refractivity contribution in [2.75, 3.05) is 19.1 Å². The van der Waals surface area contributed by atoms with Crippen LogP contribution in [0.25, 0.3) is 6.08 Å². The predicted octanol–water partition coefficient (Wildman–Crippen LogP) is 3.30. The van der Waals surface area contributed by atoms with E-state index in [-0.39, 0.29) is 10.7 Å². The van der Waals surface area contributed by atoms with Crippen LogP contribution in [0.1, 0.15) is 5.56 Å². The second-order valence-corrected chi connectivity index (χ2v) is 6.77. The number of para-hydroxylation sites is 1. The van der Waals surface area contributed by atoms with Crippen molar-refractivity contribution in [3.8, 4) is 11.5 Å². The van der Waals surface area contributed by atoms with Crippen LogP contribution in [0.3, 0.4) is 0 Å². The number of methoxy groups -OCH3 is 2. The molecule has 1 saturated heterocycles. The minimum Gasteiger partial charge on any atom is -0.493 e. The molecular formula is C19H15BrN2O4S. The van der Waals surface area contributed by atoms with Gasteiger partial charge in [-0.25, -0.2) is 0 Å². The summed E-state index contributed by atoms with van der Waals surface area (Å²) in [6, 6.07) is 12.3. The monoisotopic (exact) mass is 446 g/mol. The first kappa shape index (κ1) is 19.1. The van der Waals surface area contributed by atoms with Crippen molar-refractivity contribution in [2.24, 2.45) is 0 Å². The Balaban J connectivity index is 2.05. The molecule has 1 aliphatic heterocycles. The number of rotatable bonds is 4. The van der Waals surface area contributed by atoms with Gasteiger partial charge in [0.15, 0.2) is 16.6 Å². The van der Waals surface area contributed by atoms with Crippen molar-refractivity contribution in [2.45, 2.75) is 0 Å². The van der Waals surface area contributed by atoms with Crippen LogP contribution in [0.4, 0.5) is 5.69 Å². The van der Waals surface area contributed by atoms with E-state index in [0.29, 0.717) is 27.2 Å². The number of halogens is 1. The average molecular weight is 447 g/mol. The standard InChI is InChI=1S/C19H15BrN2O4S/c1-25-15-10-11(9-14(20)16(15)26-2)8-13-17(23)21-19(27)22(18(13)24)12-6-4-3-5-7-12/h3-10H,1-2H3,(H,21,23,27)/b13-8-. The SMILES string of the molecule is COc1cc(/C=C2/C(=O)NC(=S)N(c3ccccc3)C2=O)cc(Br)c1OC. The Morgan fingerprint density at radius 1 is 1.11 bits per heavy atom. The average Bonchev–Trinajstić information content (AvgIpc) is 2.65. The van der Waals surface area contributed by atoms with Gasteiger partial charge in [-0.05, 0) is 64.1 Å². The number of benzene rings is 2. The van der Waals surface area contributed by atoms with Gasteiger partial charge in [0.1, 0.15) is 5.57 Å². The van der Waals surface area contributed by atoms with Gasteiger partial charge in [0.2, 0.25) is 0 Å². The van der Waals surface area contributed by atoms with Crippen LogP contribution < -0.4 is 19.7 Å². The third kappa shape index (κ3) is 3.72. The summed E-state index contributed by atoms with van der Waals surface area (Å²) in [7, 11) is 3.03. The minimum atomic E-state index is -0.553. The summed E-state index contributed by atoms with van der Waals surface area (Å²) in [5.41, 5.74) is 1.14. The summed E-state index contributed by atoms with van der Waals surface area (Å²) in [6.45, 7) is 0.